The number of anilines is 1. The van der Waals surface area contributed by atoms with Gasteiger partial charge in [0.05, 0.1) is 4.92 Å². The van der Waals surface area contributed by atoms with Gasteiger partial charge < -0.3 is 10.6 Å². The van der Waals surface area contributed by atoms with Gasteiger partial charge in [-0.25, -0.2) is 4.98 Å². The van der Waals surface area contributed by atoms with Gasteiger partial charge in [0.2, 0.25) is 5.82 Å². The quantitative estimate of drug-likeness (QED) is 0.665. The van der Waals surface area contributed by atoms with Crippen molar-refractivity contribution in [3.8, 4) is 0 Å². The van der Waals surface area contributed by atoms with Crippen molar-refractivity contribution < 1.29 is 4.92 Å². The smallest absolute Gasteiger partial charge is 0.314 e. The summed E-state index contributed by atoms with van der Waals surface area (Å²) in [5.74, 6) is 0.853. The topological polar surface area (TPSA) is 85.3 Å². The molecule has 2 heterocycles. The molecule has 2 rings (SSSR count). The third-order valence-electron chi connectivity index (χ3n) is 3.79. The molecule has 104 valence electrons. The third kappa shape index (κ3) is 2.84. The molecular weight excluding hydrogens is 244 g/mol. The van der Waals surface area contributed by atoms with Crippen LogP contribution in [0, 0.1) is 23.0 Å². The van der Waals surface area contributed by atoms with Crippen molar-refractivity contribution in [2.45, 2.75) is 32.7 Å². The predicted octanol–water partition coefficient (Wildman–Crippen LogP) is 1.86. The van der Waals surface area contributed by atoms with Crippen molar-refractivity contribution in [1.29, 1.82) is 0 Å². The molecule has 0 bridgehead atoms. The van der Waals surface area contributed by atoms with Gasteiger partial charge in [-0.1, -0.05) is 0 Å². The molecule has 2 unspecified atom stereocenters. The minimum absolute atomic E-state index is 0.103. The molecule has 1 aliphatic rings. The highest BCUT2D eigenvalue weighted by Crippen LogP contribution is 2.32. The van der Waals surface area contributed by atoms with Crippen molar-refractivity contribution in [1.82, 2.24) is 4.98 Å². The van der Waals surface area contributed by atoms with E-state index < -0.39 is 0 Å². The molecule has 0 saturated carbocycles. The molecule has 6 heteroatoms. The Kier molecular flexibility index (Phi) is 3.99. The second-order valence-corrected chi connectivity index (χ2v) is 5.26. The monoisotopic (exact) mass is 264 g/mol. The summed E-state index contributed by atoms with van der Waals surface area (Å²) in [4.78, 5) is 17.1. The van der Waals surface area contributed by atoms with E-state index in [0.717, 1.165) is 25.9 Å². The van der Waals surface area contributed by atoms with E-state index in [-0.39, 0.29) is 16.7 Å². The van der Waals surface area contributed by atoms with E-state index in [9.17, 15) is 10.1 Å². The van der Waals surface area contributed by atoms with Crippen LogP contribution in [0.5, 0.6) is 0 Å². The zero-order chi connectivity index (χ0) is 14.0. The Balaban J connectivity index is 2.31. The number of aromatic nitrogens is 1. The van der Waals surface area contributed by atoms with E-state index in [4.69, 9.17) is 5.73 Å². The first-order chi connectivity index (χ1) is 9.00. The zero-order valence-corrected chi connectivity index (χ0v) is 11.4. The van der Waals surface area contributed by atoms with Crippen molar-refractivity contribution in [3.63, 3.8) is 0 Å². The molecule has 6 nitrogen and oxygen atoms in total. The normalized spacial score (nSPS) is 21.2. The van der Waals surface area contributed by atoms with Gasteiger partial charge in [-0.05, 0) is 38.7 Å². The van der Waals surface area contributed by atoms with Gasteiger partial charge in [-0.15, -0.1) is 0 Å². The maximum absolute atomic E-state index is 11.2. The van der Waals surface area contributed by atoms with E-state index in [2.05, 4.69) is 4.98 Å². The lowest BCUT2D eigenvalue weighted by Crippen LogP contribution is -2.43. The third-order valence-corrected chi connectivity index (χ3v) is 3.79. The van der Waals surface area contributed by atoms with Gasteiger partial charge in [0.15, 0.2) is 0 Å². The Morgan fingerprint density at radius 3 is 3.00 bits per heavy atom. The Labute approximate surface area is 112 Å². The molecular formula is C13H20N4O2. The Bertz CT molecular complexity index is 476. The van der Waals surface area contributed by atoms with Crippen LogP contribution in [0.15, 0.2) is 12.3 Å². The predicted molar refractivity (Wildman–Crippen MR) is 74.2 cm³/mol. The molecule has 2 N–H and O–H groups in total. The lowest BCUT2D eigenvalue weighted by molar-refractivity contribution is -0.384. The minimum Gasteiger partial charge on any atom is -0.351 e. The fraction of sp³-hybridized carbons (Fsp3) is 0.615. The van der Waals surface area contributed by atoms with Crippen LogP contribution >= 0.6 is 0 Å². The summed E-state index contributed by atoms with van der Waals surface area (Å²) >= 11 is 0. The van der Waals surface area contributed by atoms with Gasteiger partial charge in [0, 0.05) is 30.9 Å². The SMILES string of the molecule is Cc1ccnc(N2CCCC(C(C)N)C2)c1[N+](=O)[O-]. The first-order valence-corrected chi connectivity index (χ1v) is 6.61. The van der Waals surface area contributed by atoms with Crippen LogP contribution in [-0.2, 0) is 0 Å². The Morgan fingerprint density at radius 1 is 1.63 bits per heavy atom. The summed E-state index contributed by atoms with van der Waals surface area (Å²) in [7, 11) is 0. The number of hydrogen-bond acceptors (Lipinski definition) is 5. The highest BCUT2D eigenvalue weighted by molar-refractivity contribution is 5.61. The molecule has 2 atom stereocenters. The molecule has 0 aromatic carbocycles. The average Bonchev–Trinajstić information content (AvgIpc) is 2.38. The second kappa shape index (κ2) is 5.52. The van der Waals surface area contributed by atoms with Crippen LogP contribution < -0.4 is 10.6 Å². The number of nitrogens with zero attached hydrogens (tertiary/aromatic N) is 3. The molecule has 0 aliphatic carbocycles. The number of piperidine rings is 1. The van der Waals surface area contributed by atoms with Crippen molar-refractivity contribution >= 4 is 11.5 Å². The molecule has 1 aliphatic heterocycles. The van der Waals surface area contributed by atoms with Crippen molar-refractivity contribution in [2.75, 3.05) is 18.0 Å². The summed E-state index contributed by atoms with van der Waals surface area (Å²) in [6, 6.07) is 1.78. The number of rotatable bonds is 3. The standard InChI is InChI=1S/C13H20N4O2/c1-9-5-6-15-13(12(9)17(18)19)16-7-3-4-11(8-16)10(2)14/h5-6,10-11H,3-4,7-8,14H2,1-2H3. The van der Waals surface area contributed by atoms with Gasteiger partial charge in [-0.3, -0.25) is 10.1 Å². The lowest BCUT2D eigenvalue weighted by atomic mass is 9.92. The highest BCUT2D eigenvalue weighted by atomic mass is 16.6. The Hall–Kier alpha value is -1.69. The molecule has 0 radical (unpaired) electrons. The number of aryl methyl sites for hydroxylation is 1. The molecule has 1 saturated heterocycles. The molecule has 19 heavy (non-hydrogen) atoms. The number of nitrogens with two attached hydrogens (primary N) is 1. The average molecular weight is 264 g/mol. The second-order valence-electron chi connectivity index (χ2n) is 5.26. The van der Waals surface area contributed by atoms with E-state index in [0.29, 0.717) is 17.3 Å². The highest BCUT2D eigenvalue weighted by Gasteiger charge is 2.29. The summed E-state index contributed by atoms with van der Waals surface area (Å²) < 4.78 is 0. The van der Waals surface area contributed by atoms with E-state index in [1.807, 2.05) is 11.8 Å². The first kappa shape index (κ1) is 13.7. The number of nitro groups is 1. The molecule has 1 aromatic rings. The molecule has 1 aromatic heterocycles. The van der Waals surface area contributed by atoms with E-state index in [1.165, 1.54) is 0 Å². The molecule has 0 spiro atoms. The fourth-order valence-electron chi connectivity index (χ4n) is 2.62. The number of hydrogen-bond donors (Lipinski definition) is 1. The van der Waals surface area contributed by atoms with E-state index in [1.54, 1.807) is 19.2 Å². The van der Waals surface area contributed by atoms with Gasteiger partial charge in [-0.2, -0.15) is 0 Å². The summed E-state index contributed by atoms with van der Waals surface area (Å²) in [6.07, 6.45) is 3.71. The van der Waals surface area contributed by atoms with Crippen LogP contribution in [0.1, 0.15) is 25.3 Å². The van der Waals surface area contributed by atoms with Crippen LogP contribution in [-0.4, -0.2) is 29.0 Å². The maximum atomic E-state index is 11.2. The minimum atomic E-state index is -0.340. The van der Waals surface area contributed by atoms with Gasteiger partial charge in [0.1, 0.15) is 0 Å². The van der Waals surface area contributed by atoms with Gasteiger partial charge >= 0.3 is 5.69 Å². The first-order valence-electron chi connectivity index (χ1n) is 6.61. The number of pyridine rings is 1. The maximum Gasteiger partial charge on any atom is 0.314 e. The largest absolute Gasteiger partial charge is 0.351 e. The molecule has 1 fully saturated rings. The summed E-state index contributed by atoms with van der Waals surface area (Å²) in [6.45, 7) is 5.29. The summed E-state index contributed by atoms with van der Waals surface area (Å²) in [5.41, 5.74) is 6.72. The van der Waals surface area contributed by atoms with Crippen LogP contribution in [0.4, 0.5) is 11.5 Å². The van der Waals surface area contributed by atoms with Crippen molar-refractivity contribution in [2.24, 2.45) is 11.7 Å². The fourth-order valence-corrected chi connectivity index (χ4v) is 2.62. The van der Waals surface area contributed by atoms with Gasteiger partial charge in [0.25, 0.3) is 0 Å². The zero-order valence-electron chi connectivity index (χ0n) is 11.4. The van der Waals surface area contributed by atoms with E-state index >= 15 is 0 Å². The lowest BCUT2D eigenvalue weighted by Gasteiger charge is -2.35. The van der Waals surface area contributed by atoms with Crippen molar-refractivity contribution in [3.05, 3.63) is 27.9 Å². The van der Waals surface area contributed by atoms with Crippen LogP contribution in [0.25, 0.3) is 0 Å². The van der Waals surface area contributed by atoms with Crippen LogP contribution in [0.3, 0.4) is 0 Å². The molecule has 0 amide bonds. The Morgan fingerprint density at radius 2 is 2.37 bits per heavy atom. The summed E-state index contributed by atoms with van der Waals surface area (Å²) in [5, 5.41) is 11.2. The van der Waals surface area contributed by atoms with Crippen LogP contribution in [0.2, 0.25) is 0 Å².